The van der Waals surface area contributed by atoms with E-state index in [4.69, 9.17) is 22.1 Å². The smallest absolute Gasteiger partial charge is 0.119 e. The summed E-state index contributed by atoms with van der Waals surface area (Å²) in [6.07, 6.45) is 0.878. The Bertz CT molecular complexity index is 549. The van der Waals surface area contributed by atoms with Crippen molar-refractivity contribution in [3.05, 3.63) is 40.7 Å². The van der Waals surface area contributed by atoms with E-state index in [-0.39, 0.29) is 0 Å². The van der Waals surface area contributed by atoms with Crippen LogP contribution in [0.5, 0.6) is 5.75 Å². The van der Waals surface area contributed by atoms with Crippen LogP contribution >= 0.6 is 11.6 Å². The van der Waals surface area contributed by atoms with Crippen molar-refractivity contribution in [2.75, 3.05) is 12.3 Å². The van der Waals surface area contributed by atoms with Crippen molar-refractivity contribution < 1.29 is 4.74 Å². The largest absolute Gasteiger partial charge is 0.494 e. The standard InChI is InChI=1S/C14H18ClN3O/c1-10-14(15)11(2)18(17-10)8-3-9-19-13-6-4-12(16)5-7-13/h4-7H,3,8-9,16H2,1-2H3. The molecule has 5 heteroatoms. The second-order valence-corrected chi connectivity index (χ2v) is 4.86. The minimum absolute atomic E-state index is 0.639. The highest BCUT2D eigenvalue weighted by atomic mass is 35.5. The van der Waals surface area contributed by atoms with Gasteiger partial charge in [0, 0.05) is 18.7 Å². The molecule has 2 rings (SSSR count). The normalized spacial score (nSPS) is 10.7. The molecule has 0 spiro atoms. The van der Waals surface area contributed by atoms with Gasteiger partial charge >= 0.3 is 0 Å². The topological polar surface area (TPSA) is 53.1 Å². The molecule has 0 atom stereocenters. The zero-order chi connectivity index (χ0) is 13.8. The van der Waals surface area contributed by atoms with Gasteiger partial charge < -0.3 is 10.5 Å². The zero-order valence-corrected chi connectivity index (χ0v) is 11.9. The molecule has 1 aromatic heterocycles. The van der Waals surface area contributed by atoms with Crippen molar-refractivity contribution >= 4 is 17.3 Å². The quantitative estimate of drug-likeness (QED) is 0.675. The van der Waals surface area contributed by atoms with Gasteiger partial charge in [-0.15, -0.1) is 0 Å². The number of rotatable bonds is 5. The summed E-state index contributed by atoms with van der Waals surface area (Å²) in [4.78, 5) is 0. The second-order valence-electron chi connectivity index (χ2n) is 4.48. The van der Waals surface area contributed by atoms with Crippen molar-refractivity contribution in [3.8, 4) is 5.75 Å². The summed E-state index contributed by atoms with van der Waals surface area (Å²) in [6, 6.07) is 7.40. The molecule has 0 saturated carbocycles. The number of halogens is 1. The average molecular weight is 280 g/mol. The fourth-order valence-electron chi connectivity index (χ4n) is 1.86. The number of hydrogen-bond donors (Lipinski definition) is 1. The van der Waals surface area contributed by atoms with E-state index in [0.29, 0.717) is 6.61 Å². The first kappa shape index (κ1) is 13.7. The number of hydrogen-bond acceptors (Lipinski definition) is 3. The van der Waals surface area contributed by atoms with Crippen LogP contribution in [0.25, 0.3) is 0 Å². The Labute approximate surface area is 118 Å². The maximum Gasteiger partial charge on any atom is 0.119 e. The van der Waals surface area contributed by atoms with Gasteiger partial charge in [0.2, 0.25) is 0 Å². The number of nitrogens with two attached hydrogens (primary N) is 1. The minimum atomic E-state index is 0.639. The molecule has 0 aliphatic rings. The third-order valence-corrected chi connectivity index (χ3v) is 3.50. The monoisotopic (exact) mass is 279 g/mol. The molecule has 0 unspecified atom stereocenters. The summed E-state index contributed by atoms with van der Waals surface area (Å²) >= 11 is 6.10. The van der Waals surface area contributed by atoms with Gasteiger partial charge in [0.05, 0.1) is 23.0 Å². The Morgan fingerprint density at radius 2 is 1.95 bits per heavy atom. The molecule has 19 heavy (non-hydrogen) atoms. The molecule has 1 aromatic carbocycles. The molecule has 0 radical (unpaired) electrons. The van der Waals surface area contributed by atoms with Crippen molar-refractivity contribution in [3.63, 3.8) is 0 Å². The maximum atomic E-state index is 6.10. The van der Waals surface area contributed by atoms with Crippen LogP contribution in [0.15, 0.2) is 24.3 Å². The van der Waals surface area contributed by atoms with Crippen LogP contribution in [-0.4, -0.2) is 16.4 Å². The molecule has 1 heterocycles. The van der Waals surface area contributed by atoms with E-state index in [9.17, 15) is 0 Å². The number of anilines is 1. The van der Waals surface area contributed by atoms with E-state index in [1.54, 1.807) is 0 Å². The lowest BCUT2D eigenvalue weighted by Crippen LogP contribution is -2.07. The Kier molecular flexibility index (Phi) is 4.32. The van der Waals surface area contributed by atoms with Gasteiger partial charge in [-0.05, 0) is 38.1 Å². The third-order valence-electron chi connectivity index (χ3n) is 2.96. The average Bonchev–Trinajstić information content (AvgIpc) is 2.64. The van der Waals surface area contributed by atoms with E-state index in [0.717, 1.165) is 40.8 Å². The predicted molar refractivity (Wildman–Crippen MR) is 77.7 cm³/mol. The highest BCUT2D eigenvalue weighted by molar-refractivity contribution is 6.31. The molecule has 0 amide bonds. The van der Waals surface area contributed by atoms with Gasteiger partial charge in [0.15, 0.2) is 0 Å². The number of aryl methyl sites for hydroxylation is 2. The van der Waals surface area contributed by atoms with Gasteiger partial charge in [-0.25, -0.2) is 0 Å². The highest BCUT2D eigenvalue weighted by Gasteiger charge is 2.08. The molecular formula is C14H18ClN3O. The van der Waals surface area contributed by atoms with Crippen LogP contribution in [0.3, 0.4) is 0 Å². The molecule has 0 fully saturated rings. The third kappa shape index (κ3) is 3.41. The fourth-order valence-corrected chi connectivity index (χ4v) is 2.00. The molecule has 0 aliphatic heterocycles. The van der Waals surface area contributed by atoms with Gasteiger partial charge in [-0.1, -0.05) is 11.6 Å². The first-order valence-electron chi connectivity index (χ1n) is 6.26. The van der Waals surface area contributed by atoms with Crippen molar-refractivity contribution in [1.82, 2.24) is 9.78 Å². The molecule has 2 aromatic rings. The van der Waals surface area contributed by atoms with Crippen LogP contribution < -0.4 is 10.5 Å². The Morgan fingerprint density at radius 1 is 1.26 bits per heavy atom. The Balaban J connectivity index is 1.80. The summed E-state index contributed by atoms with van der Waals surface area (Å²) in [5, 5.41) is 5.13. The van der Waals surface area contributed by atoms with E-state index in [1.807, 2.05) is 42.8 Å². The zero-order valence-electron chi connectivity index (χ0n) is 11.2. The molecule has 2 N–H and O–H groups in total. The van der Waals surface area contributed by atoms with Gasteiger partial charge in [-0.2, -0.15) is 5.10 Å². The number of ether oxygens (including phenoxy) is 1. The molecule has 102 valence electrons. The molecule has 0 aliphatic carbocycles. The Hall–Kier alpha value is -1.68. The summed E-state index contributed by atoms with van der Waals surface area (Å²) in [6.45, 7) is 5.33. The number of aromatic nitrogens is 2. The maximum absolute atomic E-state index is 6.10. The minimum Gasteiger partial charge on any atom is -0.494 e. The number of nitrogen functional groups attached to an aromatic ring is 1. The summed E-state index contributed by atoms with van der Waals surface area (Å²) in [5.74, 6) is 0.834. The lowest BCUT2D eigenvalue weighted by atomic mass is 10.3. The predicted octanol–water partition coefficient (Wildman–Crippen LogP) is 3.20. The Morgan fingerprint density at radius 3 is 2.53 bits per heavy atom. The number of benzene rings is 1. The van der Waals surface area contributed by atoms with Crippen LogP contribution in [0.2, 0.25) is 5.02 Å². The van der Waals surface area contributed by atoms with Crippen LogP contribution in [0, 0.1) is 13.8 Å². The molecular weight excluding hydrogens is 262 g/mol. The first-order chi connectivity index (χ1) is 9.08. The van der Waals surface area contributed by atoms with Crippen LogP contribution in [0.1, 0.15) is 17.8 Å². The summed E-state index contributed by atoms with van der Waals surface area (Å²) < 4.78 is 7.55. The van der Waals surface area contributed by atoms with E-state index in [1.165, 1.54) is 0 Å². The SMILES string of the molecule is Cc1nn(CCCOc2ccc(N)cc2)c(C)c1Cl. The lowest BCUT2D eigenvalue weighted by molar-refractivity contribution is 0.298. The van der Waals surface area contributed by atoms with Gasteiger partial charge in [-0.3, -0.25) is 4.68 Å². The fraction of sp³-hybridized carbons (Fsp3) is 0.357. The van der Waals surface area contributed by atoms with Crippen molar-refractivity contribution in [1.29, 1.82) is 0 Å². The van der Waals surface area contributed by atoms with E-state index in [2.05, 4.69) is 5.10 Å². The number of nitrogens with zero attached hydrogens (tertiary/aromatic N) is 2. The summed E-state index contributed by atoms with van der Waals surface area (Å²) in [5.41, 5.74) is 8.23. The molecule has 0 saturated heterocycles. The van der Waals surface area contributed by atoms with Gasteiger partial charge in [0.1, 0.15) is 5.75 Å². The second kappa shape index (κ2) is 5.97. The van der Waals surface area contributed by atoms with Gasteiger partial charge in [0.25, 0.3) is 0 Å². The van der Waals surface area contributed by atoms with Crippen LogP contribution in [-0.2, 0) is 6.54 Å². The molecule has 4 nitrogen and oxygen atoms in total. The summed E-state index contributed by atoms with van der Waals surface area (Å²) in [7, 11) is 0. The highest BCUT2D eigenvalue weighted by Crippen LogP contribution is 2.19. The van der Waals surface area contributed by atoms with E-state index >= 15 is 0 Å². The van der Waals surface area contributed by atoms with Crippen molar-refractivity contribution in [2.45, 2.75) is 26.8 Å². The van der Waals surface area contributed by atoms with E-state index < -0.39 is 0 Å². The lowest BCUT2D eigenvalue weighted by Gasteiger charge is -2.07. The molecule has 0 bridgehead atoms. The van der Waals surface area contributed by atoms with Crippen LogP contribution in [0.4, 0.5) is 5.69 Å². The van der Waals surface area contributed by atoms with Crippen molar-refractivity contribution in [2.24, 2.45) is 0 Å². The first-order valence-corrected chi connectivity index (χ1v) is 6.63.